The monoisotopic (exact) mass is 718 g/mol. The molecule has 3 amide bonds. The first-order valence-corrected chi connectivity index (χ1v) is 18.3. The number of aromatic nitrogens is 1. The van der Waals surface area contributed by atoms with Crippen molar-refractivity contribution in [2.45, 2.75) is 81.7 Å². The summed E-state index contributed by atoms with van der Waals surface area (Å²) in [4.78, 5) is 58.7. The third-order valence-electron chi connectivity index (χ3n) is 7.35. The van der Waals surface area contributed by atoms with Gasteiger partial charge in [-0.25, -0.2) is 19.4 Å². The van der Waals surface area contributed by atoms with Crippen LogP contribution in [0.1, 0.15) is 65.2 Å². The fraction of sp³-hybridized carbons (Fsp3) is 0.378. The highest BCUT2D eigenvalue weighted by molar-refractivity contribution is 8.00. The lowest BCUT2D eigenvalue weighted by atomic mass is 10.00. The lowest BCUT2D eigenvalue weighted by Gasteiger charge is -2.49. The van der Waals surface area contributed by atoms with Crippen LogP contribution in [0.4, 0.5) is 15.4 Å². The molecule has 11 nitrogen and oxygen atoms in total. The van der Waals surface area contributed by atoms with Crippen molar-refractivity contribution in [3.05, 3.63) is 101 Å². The van der Waals surface area contributed by atoms with E-state index in [0.29, 0.717) is 28.8 Å². The predicted molar refractivity (Wildman–Crippen MR) is 194 cm³/mol. The lowest BCUT2D eigenvalue weighted by Crippen LogP contribution is -2.70. The number of benzene rings is 2. The van der Waals surface area contributed by atoms with E-state index >= 15 is 0 Å². The maximum absolute atomic E-state index is 14.2. The van der Waals surface area contributed by atoms with Gasteiger partial charge in [0.1, 0.15) is 34.1 Å². The number of alkyl carbamates (subject to hydrolysis) is 1. The molecule has 50 heavy (non-hydrogen) atoms. The highest BCUT2D eigenvalue weighted by Crippen LogP contribution is 2.43. The quantitative estimate of drug-likeness (QED) is 0.0951. The Balaban J connectivity index is 1.37. The maximum Gasteiger partial charge on any atom is 0.413 e. The number of nitrogens with one attached hydrogen (secondary N) is 2. The molecule has 0 radical (unpaired) electrons. The number of fused-ring (bicyclic) bond motifs is 1. The SMILES string of the molecule is CC(C)(C)OC(=O)Nc1cccc(SCCC2=C(C(=O)OC(c3ccccc3)c3ccccc3)N3C(=O)[C@@H](NC(=O)OC(C)(C)C)[C@H]3SC2)n1. The molecule has 5 rings (SSSR count). The normalized spacial score (nSPS) is 17.4. The Morgan fingerprint density at radius 1 is 0.880 bits per heavy atom. The van der Waals surface area contributed by atoms with E-state index in [1.54, 1.807) is 53.7 Å². The second-order valence-corrected chi connectivity index (χ2v) is 15.9. The van der Waals surface area contributed by atoms with Crippen LogP contribution >= 0.6 is 23.5 Å². The van der Waals surface area contributed by atoms with E-state index in [0.717, 1.165) is 16.7 Å². The first-order valence-electron chi connectivity index (χ1n) is 16.3. The number of amides is 3. The van der Waals surface area contributed by atoms with E-state index in [1.165, 1.54) is 28.4 Å². The molecule has 2 N–H and O–H groups in total. The van der Waals surface area contributed by atoms with Crippen LogP contribution in [0.2, 0.25) is 0 Å². The highest BCUT2D eigenvalue weighted by Gasteiger charge is 2.55. The van der Waals surface area contributed by atoms with Crippen molar-refractivity contribution >= 4 is 53.4 Å². The standard InChI is InChI=1S/C37H42N4O7S2/c1-36(2,3)47-34(44)39-26-18-13-19-27(38-26)49-21-20-25-22-50-32-28(40-35(45)48-37(4,5)6)31(42)41(32)29(25)33(43)46-30(23-14-9-7-10-15-23)24-16-11-8-12-17-24/h7-19,28,30,32H,20-22H2,1-6H3,(H,40,45)(H,38,39,44)/t28-,32-/m1/s1. The van der Waals surface area contributed by atoms with E-state index in [2.05, 4.69) is 15.6 Å². The molecule has 2 aliphatic heterocycles. The average molecular weight is 719 g/mol. The number of rotatable bonds is 10. The second kappa shape index (κ2) is 15.6. The summed E-state index contributed by atoms with van der Waals surface area (Å²) < 4.78 is 17.0. The molecule has 0 aliphatic carbocycles. The van der Waals surface area contributed by atoms with Gasteiger partial charge in [0.2, 0.25) is 0 Å². The highest BCUT2D eigenvalue weighted by atomic mass is 32.2. The molecule has 0 bridgehead atoms. The number of hydrogen-bond donors (Lipinski definition) is 2. The molecule has 0 spiro atoms. The Kier molecular flexibility index (Phi) is 11.5. The van der Waals surface area contributed by atoms with Crippen molar-refractivity contribution in [2.24, 2.45) is 0 Å². The van der Waals surface area contributed by atoms with Gasteiger partial charge in [-0.2, -0.15) is 0 Å². The van der Waals surface area contributed by atoms with Gasteiger partial charge in [0.25, 0.3) is 5.91 Å². The number of hydrogen-bond acceptors (Lipinski definition) is 10. The third kappa shape index (κ3) is 9.60. The van der Waals surface area contributed by atoms with E-state index < -0.39 is 52.8 Å². The van der Waals surface area contributed by atoms with Crippen molar-refractivity contribution in [1.29, 1.82) is 0 Å². The number of ether oxygens (including phenoxy) is 3. The van der Waals surface area contributed by atoms with Crippen molar-refractivity contribution in [3.8, 4) is 0 Å². The van der Waals surface area contributed by atoms with Crippen molar-refractivity contribution < 1.29 is 33.4 Å². The van der Waals surface area contributed by atoms with E-state index in [9.17, 15) is 19.2 Å². The molecule has 3 heterocycles. The Labute approximate surface area is 300 Å². The zero-order valence-electron chi connectivity index (χ0n) is 28.9. The molecule has 2 aromatic carbocycles. The third-order valence-corrected chi connectivity index (χ3v) is 9.62. The molecule has 2 atom stereocenters. The molecule has 0 unspecified atom stereocenters. The van der Waals surface area contributed by atoms with Gasteiger partial charge in [0.05, 0.1) is 5.03 Å². The van der Waals surface area contributed by atoms with E-state index in [1.807, 2.05) is 66.7 Å². The summed E-state index contributed by atoms with van der Waals surface area (Å²) in [5.41, 5.74) is 1.13. The van der Waals surface area contributed by atoms with Crippen LogP contribution in [0, 0.1) is 0 Å². The van der Waals surface area contributed by atoms with Crippen LogP contribution in [0.3, 0.4) is 0 Å². The van der Waals surface area contributed by atoms with Gasteiger partial charge in [0.15, 0.2) is 6.10 Å². The number of pyridine rings is 1. The van der Waals surface area contributed by atoms with Gasteiger partial charge in [0, 0.05) is 11.5 Å². The first kappa shape index (κ1) is 36.8. The van der Waals surface area contributed by atoms with Crippen LogP contribution in [0.25, 0.3) is 0 Å². The summed E-state index contributed by atoms with van der Waals surface area (Å²) in [6.45, 7) is 10.6. The summed E-state index contributed by atoms with van der Waals surface area (Å²) >= 11 is 2.92. The molecular weight excluding hydrogens is 677 g/mol. The van der Waals surface area contributed by atoms with Crippen LogP contribution in [0.15, 0.2) is 95.2 Å². The number of thioether (sulfide) groups is 2. The predicted octanol–water partition coefficient (Wildman–Crippen LogP) is 7.31. The average Bonchev–Trinajstić information content (AvgIpc) is 3.05. The maximum atomic E-state index is 14.2. The summed E-state index contributed by atoms with van der Waals surface area (Å²) in [6, 6.07) is 23.3. The van der Waals surface area contributed by atoms with E-state index in [4.69, 9.17) is 14.2 Å². The number of β-lactam (4-membered cyclic amide) rings is 1. The Morgan fingerprint density at radius 2 is 1.48 bits per heavy atom. The van der Waals surface area contributed by atoms with Crippen molar-refractivity contribution in [2.75, 3.05) is 16.8 Å². The largest absolute Gasteiger partial charge is 0.448 e. The Morgan fingerprint density at radius 3 is 2.08 bits per heavy atom. The van der Waals surface area contributed by atoms with Crippen LogP contribution in [-0.4, -0.2) is 68.1 Å². The summed E-state index contributed by atoms with van der Waals surface area (Å²) in [5.74, 6) is 0.290. The Hall–Kier alpha value is -4.49. The number of esters is 1. The smallest absolute Gasteiger partial charge is 0.413 e. The molecule has 13 heteroatoms. The van der Waals surface area contributed by atoms with E-state index in [-0.39, 0.29) is 5.70 Å². The summed E-state index contributed by atoms with van der Waals surface area (Å²) in [7, 11) is 0. The number of carbonyl (C=O) groups is 4. The molecule has 1 fully saturated rings. The molecule has 264 valence electrons. The van der Waals surface area contributed by atoms with Gasteiger partial charge < -0.3 is 19.5 Å². The van der Waals surface area contributed by atoms with Gasteiger partial charge in [-0.15, -0.1) is 23.5 Å². The van der Waals surface area contributed by atoms with Gasteiger partial charge in [-0.3, -0.25) is 15.0 Å². The van der Waals surface area contributed by atoms with Gasteiger partial charge in [-0.1, -0.05) is 66.7 Å². The minimum Gasteiger partial charge on any atom is -0.448 e. The minimum absolute atomic E-state index is 0.187. The fourth-order valence-corrected chi connectivity index (χ4v) is 7.58. The number of nitrogens with zero attached hydrogens (tertiary/aromatic N) is 2. The fourth-order valence-electron chi connectivity index (χ4n) is 5.30. The molecule has 1 saturated heterocycles. The molecular formula is C37H42N4O7S2. The second-order valence-electron chi connectivity index (χ2n) is 13.7. The van der Waals surface area contributed by atoms with Gasteiger partial charge in [-0.05, 0) is 76.8 Å². The first-order chi connectivity index (χ1) is 23.7. The van der Waals surface area contributed by atoms with Crippen LogP contribution in [-0.2, 0) is 23.8 Å². The Bertz CT molecular complexity index is 1700. The number of carbonyl (C=O) groups excluding carboxylic acids is 4. The van der Waals surface area contributed by atoms with Gasteiger partial charge >= 0.3 is 18.2 Å². The van der Waals surface area contributed by atoms with Crippen molar-refractivity contribution in [3.63, 3.8) is 0 Å². The molecule has 2 aliphatic rings. The van der Waals surface area contributed by atoms with Crippen LogP contribution < -0.4 is 10.6 Å². The van der Waals surface area contributed by atoms with Crippen LogP contribution in [0.5, 0.6) is 0 Å². The summed E-state index contributed by atoms with van der Waals surface area (Å²) in [5, 5.41) is 5.51. The zero-order valence-corrected chi connectivity index (χ0v) is 30.6. The minimum atomic E-state index is -0.850. The van der Waals surface area contributed by atoms with Crippen molar-refractivity contribution in [1.82, 2.24) is 15.2 Å². The zero-order chi connectivity index (χ0) is 36.1. The molecule has 1 aromatic heterocycles. The molecule has 0 saturated carbocycles. The molecule has 3 aromatic rings. The topological polar surface area (TPSA) is 136 Å². The summed E-state index contributed by atoms with van der Waals surface area (Å²) in [6.07, 6.45) is -1.56. The number of anilines is 1. The lowest BCUT2D eigenvalue weighted by molar-refractivity contribution is -0.153.